The third kappa shape index (κ3) is 4.35. The van der Waals surface area contributed by atoms with Crippen LogP contribution in [-0.2, 0) is 14.6 Å². The Balaban J connectivity index is 1.62. The average Bonchev–Trinajstić information content (AvgIpc) is 3.03. The summed E-state index contributed by atoms with van der Waals surface area (Å²) in [6, 6.07) is 6.03. The lowest BCUT2D eigenvalue weighted by atomic mass is 10.1. The molecule has 1 amide bonds. The number of likely N-dealkylation sites (N-methyl/N-ethyl adjacent to an activating group) is 1. The fourth-order valence-electron chi connectivity index (χ4n) is 4.44. The summed E-state index contributed by atoms with van der Waals surface area (Å²) in [5.74, 6) is 0.370. The summed E-state index contributed by atoms with van der Waals surface area (Å²) >= 11 is 0. The second kappa shape index (κ2) is 8.41. The molecule has 2 saturated heterocycles. The van der Waals surface area contributed by atoms with E-state index in [2.05, 4.69) is 41.8 Å². The molecule has 0 N–H and O–H groups in total. The smallest absolute Gasteiger partial charge is 0.239 e. The van der Waals surface area contributed by atoms with Gasteiger partial charge in [-0.1, -0.05) is 12.1 Å². The van der Waals surface area contributed by atoms with Crippen molar-refractivity contribution in [1.29, 1.82) is 0 Å². The molecule has 6 nitrogen and oxygen atoms in total. The number of hydrogen-bond acceptors (Lipinski definition) is 5. The summed E-state index contributed by atoms with van der Waals surface area (Å²) in [7, 11) is -2.99. The first-order valence-electron chi connectivity index (χ1n) is 10.3. The highest BCUT2D eigenvalue weighted by atomic mass is 32.2. The lowest BCUT2D eigenvalue weighted by Crippen LogP contribution is -2.56. The van der Waals surface area contributed by atoms with Crippen LogP contribution < -0.4 is 4.90 Å². The lowest BCUT2D eigenvalue weighted by molar-refractivity contribution is -0.138. The summed E-state index contributed by atoms with van der Waals surface area (Å²) in [5.41, 5.74) is 3.90. The highest BCUT2D eigenvalue weighted by Crippen LogP contribution is 2.25. The van der Waals surface area contributed by atoms with Crippen LogP contribution in [0.4, 0.5) is 5.69 Å². The van der Waals surface area contributed by atoms with Gasteiger partial charge in [0.05, 0.1) is 17.5 Å². The molecule has 156 valence electrons. The molecule has 3 rings (SSSR count). The van der Waals surface area contributed by atoms with Crippen LogP contribution >= 0.6 is 0 Å². The molecule has 7 heteroatoms. The number of aryl methyl sites for hydroxylation is 1. The monoisotopic (exact) mass is 407 g/mol. The summed E-state index contributed by atoms with van der Waals surface area (Å²) in [6.07, 6.45) is 0.565. The van der Waals surface area contributed by atoms with E-state index in [1.165, 1.54) is 16.8 Å². The minimum atomic E-state index is -2.99. The molecule has 2 fully saturated rings. The Hall–Kier alpha value is -1.60. The normalized spacial score (nSPS) is 23.6. The Kier molecular flexibility index (Phi) is 6.34. The van der Waals surface area contributed by atoms with E-state index in [1.807, 2.05) is 13.8 Å². The molecule has 2 heterocycles. The van der Waals surface area contributed by atoms with Crippen molar-refractivity contribution in [2.75, 3.05) is 49.1 Å². The van der Waals surface area contributed by atoms with Crippen molar-refractivity contribution in [1.82, 2.24) is 9.80 Å². The van der Waals surface area contributed by atoms with Gasteiger partial charge in [-0.3, -0.25) is 9.69 Å². The Morgan fingerprint density at radius 2 is 1.89 bits per heavy atom. The largest absolute Gasteiger partial charge is 0.369 e. The van der Waals surface area contributed by atoms with E-state index in [4.69, 9.17) is 0 Å². The van der Waals surface area contributed by atoms with E-state index >= 15 is 0 Å². The maximum absolute atomic E-state index is 13.1. The van der Waals surface area contributed by atoms with Crippen LogP contribution in [0.1, 0.15) is 31.4 Å². The number of rotatable bonds is 5. The number of hydrogen-bond donors (Lipinski definition) is 0. The van der Waals surface area contributed by atoms with Crippen molar-refractivity contribution in [3.8, 4) is 0 Å². The third-order valence-electron chi connectivity index (χ3n) is 6.41. The molecule has 1 aromatic rings. The minimum Gasteiger partial charge on any atom is -0.369 e. The Bertz CT molecular complexity index is 816. The molecule has 2 aliphatic heterocycles. The zero-order chi connectivity index (χ0) is 20.5. The summed E-state index contributed by atoms with van der Waals surface area (Å²) in [6.45, 7) is 12.2. The van der Waals surface area contributed by atoms with Gasteiger partial charge in [-0.05, 0) is 51.3 Å². The Labute approximate surface area is 169 Å². The predicted molar refractivity (Wildman–Crippen MR) is 114 cm³/mol. The quantitative estimate of drug-likeness (QED) is 0.746. The number of benzene rings is 1. The second-order valence-corrected chi connectivity index (χ2v) is 10.3. The molecule has 0 spiro atoms. The van der Waals surface area contributed by atoms with Crippen molar-refractivity contribution in [2.45, 2.75) is 46.2 Å². The van der Waals surface area contributed by atoms with Gasteiger partial charge >= 0.3 is 0 Å². The van der Waals surface area contributed by atoms with Crippen molar-refractivity contribution in [3.63, 3.8) is 0 Å². The van der Waals surface area contributed by atoms with Gasteiger partial charge < -0.3 is 9.80 Å². The number of sulfone groups is 1. The van der Waals surface area contributed by atoms with Crippen LogP contribution in [0.25, 0.3) is 0 Å². The van der Waals surface area contributed by atoms with E-state index < -0.39 is 9.84 Å². The van der Waals surface area contributed by atoms with Gasteiger partial charge in [0.2, 0.25) is 5.91 Å². The van der Waals surface area contributed by atoms with Crippen LogP contribution in [0.2, 0.25) is 0 Å². The fraction of sp³-hybridized carbons (Fsp3) is 0.667. The fourth-order valence-corrected chi connectivity index (χ4v) is 6.17. The highest BCUT2D eigenvalue weighted by Gasteiger charge is 2.37. The molecule has 2 atom stereocenters. The molecule has 1 aromatic carbocycles. The predicted octanol–water partition coefficient (Wildman–Crippen LogP) is 1.85. The zero-order valence-electron chi connectivity index (χ0n) is 17.5. The molecular weight excluding hydrogens is 374 g/mol. The Morgan fingerprint density at radius 3 is 2.46 bits per heavy atom. The maximum atomic E-state index is 13.1. The minimum absolute atomic E-state index is 0.0600. The molecule has 0 aliphatic carbocycles. The number of anilines is 1. The second-order valence-electron chi connectivity index (χ2n) is 8.10. The first kappa shape index (κ1) is 21.1. The van der Waals surface area contributed by atoms with Crippen molar-refractivity contribution >= 4 is 21.4 Å². The number of amides is 1. The molecule has 0 aromatic heterocycles. The highest BCUT2D eigenvalue weighted by molar-refractivity contribution is 7.91. The summed E-state index contributed by atoms with van der Waals surface area (Å²) in [5, 5.41) is 0. The van der Waals surface area contributed by atoms with Crippen molar-refractivity contribution < 1.29 is 13.2 Å². The summed E-state index contributed by atoms with van der Waals surface area (Å²) < 4.78 is 23.6. The van der Waals surface area contributed by atoms with E-state index in [1.54, 1.807) is 4.90 Å². The first-order valence-corrected chi connectivity index (χ1v) is 12.1. The number of piperazine rings is 1. The van der Waals surface area contributed by atoms with E-state index in [9.17, 15) is 13.2 Å². The van der Waals surface area contributed by atoms with Gasteiger partial charge in [0.25, 0.3) is 0 Å². The number of carbonyl (C=O) groups excluding carboxylic acids is 1. The third-order valence-corrected chi connectivity index (χ3v) is 8.16. The van der Waals surface area contributed by atoms with Crippen LogP contribution in [-0.4, -0.2) is 80.4 Å². The standard InChI is InChI=1S/C21H33N3O3S/c1-5-24(19-9-14-28(26,27)15-19)21(25)18(4)22-10-12-23(13-11-22)20-8-6-7-16(2)17(20)3/h6-8,18-19H,5,9-15H2,1-4H3/t18-,19-/m0/s1. The molecular formula is C21H33N3O3S. The molecule has 28 heavy (non-hydrogen) atoms. The number of carbonyl (C=O) groups is 1. The van der Waals surface area contributed by atoms with Crippen LogP contribution in [0.3, 0.4) is 0 Å². The lowest BCUT2D eigenvalue weighted by Gasteiger charge is -2.41. The zero-order valence-corrected chi connectivity index (χ0v) is 18.3. The number of nitrogens with zero attached hydrogens (tertiary/aromatic N) is 3. The topological polar surface area (TPSA) is 60.9 Å². The molecule has 0 unspecified atom stereocenters. The molecule has 0 bridgehead atoms. The maximum Gasteiger partial charge on any atom is 0.239 e. The summed E-state index contributed by atoms with van der Waals surface area (Å²) in [4.78, 5) is 19.5. The van der Waals surface area contributed by atoms with Crippen LogP contribution in [0, 0.1) is 13.8 Å². The average molecular weight is 408 g/mol. The van der Waals surface area contributed by atoms with Crippen molar-refractivity contribution in [3.05, 3.63) is 29.3 Å². The van der Waals surface area contributed by atoms with Gasteiger partial charge in [0.15, 0.2) is 9.84 Å². The molecule has 2 aliphatic rings. The van der Waals surface area contributed by atoms with Gasteiger partial charge in [-0.25, -0.2) is 8.42 Å². The van der Waals surface area contributed by atoms with Gasteiger partial charge in [0.1, 0.15) is 0 Å². The van der Waals surface area contributed by atoms with Gasteiger partial charge in [-0.15, -0.1) is 0 Å². The van der Waals surface area contributed by atoms with Crippen LogP contribution in [0.15, 0.2) is 18.2 Å². The van der Waals surface area contributed by atoms with Crippen LogP contribution in [0.5, 0.6) is 0 Å². The van der Waals surface area contributed by atoms with Gasteiger partial charge in [0, 0.05) is 44.5 Å². The molecule has 0 saturated carbocycles. The molecule has 0 radical (unpaired) electrons. The first-order chi connectivity index (χ1) is 13.2. The van der Waals surface area contributed by atoms with E-state index in [-0.39, 0.29) is 29.5 Å². The SMILES string of the molecule is CCN(C(=O)[C@H](C)N1CCN(c2cccc(C)c2C)CC1)[C@H]1CCS(=O)(=O)C1. The van der Waals surface area contributed by atoms with E-state index in [0.29, 0.717) is 13.0 Å². The Morgan fingerprint density at radius 1 is 1.21 bits per heavy atom. The van der Waals surface area contributed by atoms with Gasteiger partial charge in [-0.2, -0.15) is 0 Å². The van der Waals surface area contributed by atoms with E-state index in [0.717, 1.165) is 26.2 Å². The van der Waals surface area contributed by atoms with Crippen molar-refractivity contribution in [2.24, 2.45) is 0 Å².